The maximum Gasteiger partial charge on any atom is 0.125 e. The third-order valence-corrected chi connectivity index (χ3v) is 2.69. The Labute approximate surface area is 103 Å². The Morgan fingerprint density at radius 1 is 1.47 bits per heavy atom. The summed E-state index contributed by atoms with van der Waals surface area (Å²) in [5, 5.41) is 8.60. The van der Waals surface area contributed by atoms with Gasteiger partial charge in [0.1, 0.15) is 5.75 Å². The molecule has 1 aromatic carbocycles. The lowest BCUT2D eigenvalue weighted by atomic mass is 10.1. The molecule has 0 fully saturated rings. The number of benzene rings is 1. The molecule has 0 saturated carbocycles. The first kappa shape index (κ1) is 13.3. The van der Waals surface area contributed by atoms with Gasteiger partial charge in [-0.15, -0.1) is 0 Å². The lowest BCUT2D eigenvalue weighted by molar-refractivity contribution is 0.281. The molecule has 0 aliphatic rings. The van der Waals surface area contributed by atoms with Crippen LogP contribution in [0.25, 0.3) is 0 Å². The smallest absolute Gasteiger partial charge is 0.125 e. The summed E-state index contributed by atoms with van der Waals surface area (Å²) < 4.78 is 5.30. The first-order chi connectivity index (χ1) is 8.21. The molecule has 0 bridgehead atoms. The number of rotatable bonds is 6. The van der Waals surface area contributed by atoms with Gasteiger partial charge in [-0.25, -0.2) is 0 Å². The minimum Gasteiger partial charge on any atom is -0.496 e. The lowest BCUT2D eigenvalue weighted by Gasteiger charge is -2.20. The summed E-state index contributed by atoms with van der Waals surface area (Å²) in [5.41, 5.74) is 7.51. The van der Waals surface area contributed by atoms with Gasteiger partial charge in [0.25, 0.3) is 0 Å². The quantitative estimate of drug-likeness (QED) is 0.763. The molecule has 1 rings (SSSR count). The largest absolute Gasteiger partial charge is 0.496 e. The highest BCUT2D eigenvalue weighted by Gasteiger charge is 2.08. The van der Waals surface area contributed by atoms with E-state index in [-0.39, 0.29) is 0 Å². The third kappa shape index (κ3) is 3.97. The minimum absolute atomic E-state index is 0.547. The highest BCUT2D eigenvalue weighted by Crippen LogP contribution is 2.22. The van der Waals surface area contributed by atoms with Crippen molar-refractivity contribution in [3.05, 3.63) is 23.8 Å². The highest BCUT2D eigenvalue weighted by atomic mass is 16.5. The molecule has 0 amide bonds. The summed E-state index contributed by atoms with van der Waals surface area (Å²) in [5.74, 6) is 0.806. The zero-order valence-electron chi connectivity index (χ0n) is 10.4. The van der Waals surface area contributed by atoms with E-state index in [1.54, 1.807) is 7.11 Å². The molecule has 0 spiro atoms. The van der Waals surface area contributed by atoms with Crippen LogP contribution in [0.4, 0.5) is 5.69 Å². The second kappa shape index (κ2) is 6.77. The van der Waals surface area contributed by atoms with Gasteiger partial charge in [0.05, 0.1) is 13.2 Å². The van der Waals surface area contributed by atoms with Crippen molar-refractivity contribution in [2.45, 2.75) is 19.9 Å². The summed E-state index contributed by atoms with van der Waals surface area (Å²) >= 11 is 0. The topological polar surface area (TPSA) is 62.3 Å². The number of nitrogens with two attached hydrogens (primary N) is 1. The van der Waals surface area contributed by atoms with E-state index in [2.05, 4.69) is 17.9 Å². The van der Waals surface area contributed by atoms with Crippen molar-refractivity contribution in [2.24, 2.45) is 0 Å². The number of nitrogens with zero attached hydrogens (tertiary/aromatic N) is 2. The summed E-state index contributed by atoms with van der Waals surface area (Å²) in [7, 11) is 1.64. The van der Waals surface area contributed by atoms with Crippen molar-refractivity contribution in [3.63, 3.8) is 0 Å². The molecule has 4 heteroatoms. The molecule has 0 aliphatic carbocycles. The predicted octanol–water partition coefficient (Wildman–Crippen LogP) is 2.01. The maximum atomic E-state index is 8.60. The first-order valence-corrected chi connectivity index (χ1v) is 5.73. The zero-order chi connectivity index (χ0) is 12.7. The van der Waals surface area contributed by atoms with Gasteiger partial charge in [-0.05, 0) is 12.6 Å². The van der Waals surface area contributed by atoms with Gasteiger partial charge in [-0.2, -0.15) is 5.26 Å². The van der Waals surface area contributed by atoms with Crippen LogP contribution >= 0.6 is 0 Å². The molecule has 92 valence electrons. The van der Waals surface area contributed by atoms with E-state index in [1.165, 1.54) is 0 Å². The molecular formula is C13H19N3O. The monoisotopic (exact) mass is 233 g/mol. The predicted molar refractivity (Wildman–Crippen MR) is 68.6 cm³/mol. The van der Waals surface area contributed by atoms with Crippen molar-refractivity contribution in [1.82, 2.24) is 4.90 Å². The molecule has 0 aromatic heterocycles. The van der Waals surface area contributed by atoms with Crippen LogP contribution in [0.3, 0.4) is 0 Å². The molecule has 0 aliphatic heterocycles. The standard InChI is InChI=1S/C13H19N3O/c1-3-16(8-4-7-14)10-11-5-6-12(15)9-13(11)17-2/h5-6,9H,3-4,8,10,15H2,1-2H3. The molecule has 4 nitrogen and oxygen atoms in total. The van der Waals surface area contributed by atoms with Crippen LogP contribution in [-0.2, 0) is 6.54 Å². The fourth-order valence-corrected chi connectivity index (χ4v) is 1.69. The van der Waals surface area contributed by atoms with E-state index >= 15 is 0 Å². The van der Waals surface area contributed by atoms with Gasteiger partial charge < -0.3 is 10.5 Å². The Balaban J connectivity index is 2.75. The molecule has 0 atom stereocenters. The van der Waals surface area contributed by atoms with Crippen LogP contribution < -0.4 is 10.5 Å². The van der Waals surface area contributed by atoms with E-state index in [0.717, 1.165) is 30.9 Å². The zero-order valence-corrected chi connectivity index (χ0v) is 10.4. The molecular weight excluding hydrogens is 214 g/mol. The summed E-state index contributed by atoms with van der Waals surface area (Å²) in [4.78, 5) is 2.21. The number of hydrogen-bond donors (Lipinski definition) is 1. The normalized spacial score (nSPS) is 10.2. The van der Waals surface area contributed by atoms with E-state index < -0.39 is 0 Å². The van der Waals surface area contributed by atoms with E-state index in [9.17, 15) is 0 Å². The van der Waals surface area contributed by atoms with E-state index in [4.69, 9.17) is 15.7 Å². The van der Waals surface area contributed by atoms with E-state index in [1.807, 2.05) is 18.2 Å². The maximum absolute atomic E-state index is 8.60. The molecule has 17 heavy (non-hydrogen) atoms. The second-order valence-electron chi connectivity index (χ2n) is 3.85. The van der Waals surface area contributed by atoms with Crippen LogP contribution in [-0.4, -0.2) is 25.1 Å². The minimum atomic E-state index is 0.547. The van der Waals surface area contributed by atoms with Crippen LogP contribution in [0.2, 0.25) is 0 Å². The van der Waals surface area contributed by atoms with Crippen LogP contribution in [0.15, 0.2) is 18.2 Å². The summed E-state index contributed by atoms with van der Waals surface area (Å²) in [6.07, 6.45) is 0.547. The number of anilines is 1. The van der Waals surface area contributed by atoms with Gasteiger partial charge in [0.15, 0.2) is 0 Å². The molecule has 2 N–H and O–H groups in total. The number of methoxy groups -OCH3 is 1. The first-order valence-electron chi connectivity index (χ1n) is 5.73. The number of hydrogen-bond acceptors (Lipinski definition) is 4. The fourth-order valence-electron chi connectivity index (χ4n) is 1.69. The second-order valence-corrected chi connectivity index (χ2v) is 3.85. The Morgan fingerprint density at radius 3 is 2.82 bits per heavy atom. The molecule has 0 heterocycles. The molecule has 0 radical (unpaired) electrons. The molecule has 0 unspecified atom stereocenters. The van der Waals surface area contributed by atoms with Gasteiger partial charge in [0.2, 0.25) is 0 Å². The number of ether oxygens (including phenoxy) is 1. The van der Waals surface area contributed by atoms with Crippen molar-refractivity contribution >= 4 is 5.69 Å². The van der Waals surface area contributed by atoms with E-state index in [0.29, 0.717) is 12.1 Å². The van der Waals surface area contributed by atoms with Crippen molar-refractivity contribution in [3.8, 4) is 11.8 Å². The van der Waals surface area contributed by atoms with Gasteiger partial charge in [-0.1, -0.05) is 13.0 Å². The average molecular weight is 233 g/mol. The Kier molecular flexibility index (Phi) is 5.31. The molecule has 0 saturated heterocycles. The van der Waals surface area contributed by atoms with Crippen molar-refractivity contribution in [2.75, 3.05) is 25.9 Å². The van der Waals surface area contributed by atoms with Crippen molar-refractivity contribution < 1.29 is 4.74 Å². The summed E-state index contributed by atoms with van der Waals surface area (Å²) in [6.45, 7) is 4.55. The number of nitriles is 1. The van der Waals surface area contributed by atoms with Crippen molar-refractivity contribution in [1.29, 1.82) is 5.26 Å². The number of nitrogen functional groups attached to an aromatic ring is 1. The third-order valence-electron chi connectivity index (χ3n) is 2.69. The Hall–Kier alpha value is -1.73. The van der Waals surface area contributed by atoms with Gasteiger partial charge >= 0.3 is 0 Å². The SMILES string of the molecule is CCN(CCC#N)Cc1ccc(N)cc1OC. The van der Waals surface area contributed by atoms with Crippen LogP contribution in [0.1, 0.15) is 18.9 Å². The average Bonchev–Trinajstić information content (AvgIpc) is 2.35. The fraction of sp³-hybridized carbons (Fsp3) is 0.462. The highest BCUT2D eigenvalue weighted by molar-refractivity contribution is 5.48. The summed E-state index contributed by atoms with van der Waals surface area (Å²) in [6, 6.07) is 7.84. The van der Waals surface area contributed by atoms with Crippen LogP contribution in [0.5, 0.6) is 5.75 Å². The molecule has 1 aromatic rings. The Morgan fingerprint density at radius 2 is 2.24 bits per heavy atom. The lowest BCUT2D eigenvalue weighted by Crippen LogP contribution is -2.24. The van der Waals surface area contributed by atoms with Gasteiger partial charge in [0, 0.05) is 36.8 Å². The van der Waals surface area contributed by atoms with Crippen LogP contribution in [0, 0.1) is 11.3 Å². The van der Waals surface area contributed by atoms with Gasteiger partial charge in [-0.3, -0.25) is 4.90 Å². The Bertz CT molecular complexity index is 398.